The molecular formula is C70H46N6O12. The number of carbonyl (C=O) groups excluding carboxylic acids is 12. The lowest BCUT2D eigenvalue weighted by molar-refractivity contribution is 0.0236. The van der Waals surface area contributed by atoms with Gasteiger partial charge < -0.3 is 0 Å². The lowest BCUT2D eigenvalue weighted by Crippen LogP contribution is -2.61. The van der Waals surface area contributed by atoms with Crippen LogP contribution in [0.1, 0.15) is 201 Å². The van der Waals surface area contributed by atoms with E-state index in [1.807, 2.05) is 24.3 Å². The Labute approximate surface area is 497 Å². The maximum Gasteiger partial charge on any atom is 0.261 e. The third-order valence-corrected chi connectivity index (χ3v) is 21.7. The number of rotatable bonds is 0. The van der Waals surface area contributed by atoms with E-state index in [0.717, 1.165) is 19.6 Å². The van der Waals surface area contributed by atoms with Crippen LogP contribution in [-0.4, -0.2) is 137 Å². The molecule has 46 rings (SSSR count). The second kappa shape index (κ2) is 16.8. The summed E-state index contributed by atoms with van der Waals surface area (Å²) < 4.78 is 0. The first-order chi connectivity index (χ1) is 42.7. The maximum atomic E-state index is 15.4. The SMILES string of the molecule is O=C1c2ccc3c4c5ccc(c24)C(=O)N1[C@@H]1CCCC[C@H]1N1C(=O)c2ccc4c6c(ccc(c26)C1=O)C(=O)N(C4=O)[C@@H]1CCCC[C@H]1N1C(=O)c2ccc4c6ccc7c8c(ccc(c9ccc(c2c49)C1=O)c86)C(=O)N(C7=O)[C@@H]1CCCC[C@H]1N(C3=O)C5=O. The summed E-state index contributed by atoms with van der Waals surface area (Å²) in [5.41, 5.74) is 1.44. The second-order valence-corrected chi connectivity index (χ2v) is 25.4. The molecule has 0 radical (unpaired) electrons. The monoisotopic (exact) mass is 1160 g/mol. The molecule has 3 aliphatic carbocycles. The van der Waals surface area contributed by atoms with E-state index >= 15 is 57.5 Å². The average molecular weight is 1160 g/mol. The fourth-order valence-electron chi connectivity index (χ4n) is 18.0. The molecule has 9 aromatic carbocycles. The maximum absolute atomic E-state index is 15.4. The van der Waals surface area contributed by atoms with Gasteiger partial charge in [0.2, 0.25) is 0 Å². The summed E-state index contributed by atoms with van der Waals surface area (Å²) >= 11 is 0. The smallest absolute Gasteiger partial charge is 0.261 e. The van der Waals surface area contributed by atoms with Gasteiger partial charge in [-0.05, 0) is 144 Å². The average Bonchev–Trinajstić information content (AvgIpc) is 1.17. The van der Waals surface area contributed by atoms with Gasteiger partial charge in [0.15, 0.2) is 0 Å². The first-order valence-corrected chi connectivity index (χ1v) is 30.4. The Hall–Kier alpha value is -10.4. The van der Waals surface area contributed by atoms with Gasteiger partial charge in [0, 0.05) is 99.1 Å². The second-order valence-electron chi connectivity index (χ2n) is 25.4. The summed E-state index contributed by atoms with van der Waals surface area (Å²) in [5.74, 6) is -8.12. The van der Waals surface area contributed by atoms with Crippen molar-refractivity contribution in [2.75, 3.05) is 0 Å². The van der Waals surface area contributed by atoms with Crippen molar-refractivity contribution in [2.45, 2.75) is 113 Å². The van der Waals surface area contributed by atoms with Crippen LogP contribution >= 0.6 is 0 Å². The molecule has 12 amide bonds. The van der Waals surface area contributed by atoms with Gasteiger partial charge >= 0.3 is 0 Å². The Kier molecular flexibility index (Phi) is 9.51. The van der Waals surface area contributed by atoms with Gasteiger partial charge in [-0.25, -0.2) is 0 Å². The fourth-order valence-corrected chi connectivity index (χ4v) is 18.0. The topological polar surface area (TPSA) is 224 Å². The van der Waals surface area contributed by atoms with E-state index in [1.54, 1.807) is 24.3 Å². The van der Waals surface area contributed by atoms with Gasteiger partial charge in [-0.2, -0.15) is 0 Å². The quantitative estimate of drug-likeness (QED) is 0.0786. The van der Waals surface area contributed by atoms with E-state index in [9.17, 15) is 0 Å². The summed E-state index contributed by atoms with van der Waals surface area (Å²) in [6, 6.07) is 20.0. The zero-order valence-electron chi connectivity index (χ0n) is 46.8. The lowest BCUT2D eigenvalue weighted by Gasteiger charge is -2.46. The van der Waals surface area contributed by atoms with Crippen molar-refractivity contribution in [2.24, 2.45) is 0 Å². The number of nitrogens with zero attached hydrogens (tertiary/aromatic N) is 6. The van der Waals surface area contributed by atoms with Crippen LogP contribution in [0, 0.1) is 0 Å². The molecule has 37 aliphatic rings. The molecule has 88 heavy (non-hydrogen) atoms. The summed E-state index contributed by atoms with van der Waals surface area (Å²) in [6.07, 6.45) is 5.02. The molecular weight excluding hydrogens is 1120 g/mol. The normalized spacial score (nSPS) is 24.6. The third-order valence-electron chi connectivity index (χ3n) is 21.7. The van der Waals surface area contributed by atoms with Gasteiger partial charge in [0.05, 0.1) is 36.3 Å². The minimum absolute atomic E-state index is 0.0474. The molecule has 6 atom stereocenters. The Morgan fingerprint density at radius 2 is 0.307 bits per heavy atom. The van der Waals surface area contributed by atoms with Crippen LogP contribution in [0.2, 0.25) is 0 Å². The Morgan fingerprint density at radius 1 is 0.182 bits per heavy atom. The molecule has 0 spiro atoms. The highest BCUT2D eigenvalue weighted by Gasteiger charge is 2.54. The Bertz CT molecular complexity index is 4560. The number of benzene rings is 9. The standard InChI is InChI=1S/C70H46N6O12/c77-59-33-17-13-29-31-15-19-35-54-36-20-16-32(52(31)54)30-14-18-34(53(33)51(29)30)60(78)71(59)45-7-1-3-9-47(45)73-63(81)37-21-25-41-57-42(26-22-38(55(37)57)64(73)82)68(86)75(67(41)85)49-11-5-6-12-50(49)76-69(87)43-27-23-39-56-40(24-28-44(58(43)56)70(76)88)66(84)74(65(39)83)48-10-4-2-8-46(48)72(61(35)79)62(36)80/h13-28,45-50H,1-12H2/t45-,46-,47-,48-,49-,50-/m1/s1. The lowest BCUT2D eigenvalue weighted by atomic mass is 9.79. The fraction of sp³-hybridized carbons (Fsp3) is 0.257. The van der Waals surface area contributed by atoms with Crippen LogP contribution in [0.3, 0.4) is 0 Å². The number of carbonyl (C=O) groups is 12. The minimum atomic E-state index is -1.02. The van der Waals surface area contributed by atoms with Crippen LogP contribution in [-0.2, 0) is 0 Å². The number of imide groups is 6. The molecule has 3 saturated carbocycles. The van der Waals surface area contributed by atoms with Crippen molar-refractivity contribution in [1.82, 2.24) is 29.4 Å². The largest absolute Gasteiger partial charge is 0.269 e. The molecule has 3 fully saturated rings. The molecule has 18 nitrogen and oxygen atoms in total. The van der Waals surface area contributed by atoms with Crippen LogP contribution in [0.25, 0.3) is 64.6 Å². The summed E-state index contributed by atoms with van der Waals surface area (Å²) in [4.78, 5) is 190. The highest BCUT2D eigenvalue weighted by Crippen LogP contribution is 2.50. The van der Waals surface area contributed by atoms with Gasteiger partial charge in [0.25, 0.3) is 70.9 Å². The molecule has 428 valence electrons. The number of hydrogen-bond acceptors (Lipinski definition) is 12. The van der Waals surface area contributed by atoms with Gasteiger partial charge in [-0.15, -0.1) is 0 Å². The number of amides is 12. The van der Waals surface area contributed by atoms with E-state index in [2.05, 4.69) is 0 Å². The highest BCUT2D eigenvalue weighted by atomic mass is 16.2. The minimum Gasteiger partial charge on any atom is -0.269 e. The zero-order valence-corrected chi connectivity index (χ0v) is 46.8. The van der Waals surface area contributed by atoms with Gasteiger partial charge in [-0.1, -0.05) is 62.8 Å². The van der Waals surface area contributed by atoms with Crippen molar-refractivity contribution in [1.29, 1.82) is 0 Å². The van der Waals surface area contributed by atoms with E-state index < -0.39 is 107 Å². The third kappa shape index (κ3) is 5.75. The summed E-state index contributed by atoms with van der Waals surface area (Å²) in [6.45, 7) is 0. The molecule has 18 heteroatoms. The van der Waals surface area contributed by atoms with E-state index in [4.69, 9.17) is 0 Å². The van der Waals surface area contributed by atoms with Crippen molar-refractivity contribution < 1.29 is 57.5 Å². The summed E-state index contributed by atoms with van der Waals surface area (Å²) in [5, 5.41) is 5.36. The number of hydrogen-bond donors (Lipinski definition) is 0. The predicted octanol–water partition coefficient (Wildman–Crippen LogP) is 9.97. The van der Waals surface area contributed by atoms with Crippen molar-refractivity contribution in [3.63, 3.8) is 0 Å². The van der Waals surface area contributed by atoms with Gasteiger partial charge in [0.1, 0.15) is 0 Å². The highest BCUT2D eigenvalue weighted by molar-refractivity contribution is 6.42. The predicted molar refractivity (Wildman–Crippen MR) is 317 cm³/mol. The van der Waals surface area contributed by atoms with E-state index in [-0.39, 0.29) is 114 Å². The first-order valence-electron chi connectivity index (χ1n) is 30.4. The van der Waals surface area contributed by atoms with Gasteiger partial charge in [-0.3, -0.25) is 86.9 Å². The van der Waals surface area contributed by atoms with Crippen LogP contribution in [0.15, 0.2) is 97.1 Å². The van der Waals surface area contributed by atoms with Crippen LogP contribution < -0.4 is 0 Å². The summed E-state index contributed by atoms with van der Waals surface area (Å²) in [7, 11) is 0. The molecule has 0 saturated heterocycles. The molecule has 0 unspecified atom stereocenters. The van der Waals surface area contributed by atoms with Crippen molar-refractivity contribution >= 4 is 136 Å². The zero-order chi connectivity index (χ0) is 59.5. The van der Waals surface area contributed by atoms with Crippen LogP contribution in [0.5, 0.6) is 0 Å². The molecule has 30 bridgehead atoms. The molecule has 0 N–H and O–H groups in total. The Balaban J connectivity index is 0.808. The van der Waals surface area contributed by atoms with E-state index in [1.165, 1.54) is 58.3 Å². The van der Waals surface area contributed by atoms with Crippen LogP contribution in [0.4, 0.5) is 0 Å². The Morgan fingerprint density at radius 3 is 0.455 bits per heavy atom. The van der Waals surface area contributed by atoms with Crippen molar-refractivity contribution in [3.05, 3.63) is 164 Å². The molecule has 34 heterocycles. The van der Waals surface area contributed by atoms with E-state index in [0.29, 0.717) is 94.5 Å². The van der Waals surface area contributed by atoms with Crippen molar-refractivity contribution in [3.8, 4) is 0 Å². The first kappa shape index (κ1) is 49.9. The molecule has 0 aromatic heterocycles. The molecule has 9 aromatic rings. The molecule has 34 aliphatic heterocycles.